The van der Waals surface area contributed by atoms with Crippen LogP contribution >= 0.6 is 0 Å². The summed E-state index contributed by atoms with van der Waals surface area (Å²) in [5, 5.41) is 2.28. The molecule has 1 atom stereocenters. The van der Waals surface area contributed by atoms with Gasteiger partial charge in [-0.25, -0.2) is 10.4 Å². The van der Waals surface area contributed by atoms with Gasteiger partial charge in [0.1, 0.15) is 0 Å². The van der Waals surface area contributed by atoms with E-state index in [0.29, 0.717) is 19.1 Å². The van der Waals surface area contributed by atoms with Crippen LogP contribution in [0.3, 0.4) is 0 Å². The molecule has 17 heavy (non-hydrogen) atoms. The highest BCUT2D eigenvalue weighted by Gasteiger charge is 2.34. The summed E-state index contributed by atoms with van der Waals surface area (Å²) in [6, 6.07) is 0. The molecule has 3 N–H and O–H groups in total. The molecule has 1 aliphatic rings. The van der Waals surface area contributed by atoms with Gasteiger partial charge in [0.25, 0.3) is 0 Å². The lowest BCUT2D eigenvalue weighted by Crippen LogP contribution is -2.66. The minimum absolute atomic E-state index is 0.148. The standard InChI is InChI=1S/C12H28N4O/c1-11(2)12(9-13,10-17-4)14-16-7-5-15(3)6-8-16/h11,14H,5-10,13H2,1-4H3. The largest absolute Gasteiger partial charge is 0.383 e. The molecule has 5 heteroatoms. The van der Waals surface area contributed by atoms with Crippen LogP contribution in [0, 0.1) is 5.92 Å². The number of rotatable bonds is 6. The third kappa shape index (κ3) is 3.89. The maximum absolute atomic E-state index is 5.96. The molecule has 1 saturated heterocycles. The predicted molar refractivity (Wildman–Crippen MR) is 70.7 cm³/mol. The SMILES string of the molecule is COCC(CN)(NN1CCN(C)CC1)C(C)C. The zero-order chi connectivity index (χ0) is 12.9. The molecule has 0 radical (unpaired) electrons. The lowest BCUT2D eigenvalue weighted by molar-refractivity contribution is -0.00434. The summed E-state index contributed by atoms with van der Waals surface area (Å²) in [7, 11) is 3.89. The lowest BCUT2D eigenvalue weighted by atomic mass is 9.88. The van der Waals surface area contributed by atoms with Crippen molar-refractivity contribution in [3.05, 3.63) is 0 Å². The van der Waals surface area contributed by atoms with Crippen LogP contribution in [-0.4, -0.2) is 68.9 Å². The second kappa shape index (κ2) is 6.66. The van der Waals surface area contributed by atoms with E-state index in [-0.39, 0.29) is 5.54 Å². The van der Waals surface area contributed by atoms with Gasteiger partial charge >= 0.3 is 0 Å². The van der Waals surface area contributed by atoms with Crippen LogP contribution in [0.1, 0.15) is 13.8 Å². The molecule has 0 aromatic heterocycles. The smallest absolute Gasteiger partial charge is 0.0703 e. The molecule has 1 unspecified atom stereocenters. The van der Waals surface area contributed by atoms with Gasteiger partial charge in [-0.15, -0.1) is 0 Å². The van der Waals surface area contributed by atoms with Crippen molar-refractivity contribution >= 4 is 0 Å². The first kappa shape index (κ1) is 14.9. The van der Waals surface area contributed by atoms with Gasteiger partial charge in [0.15, 0.2) is 0 Å². The Balaban J connectivity index is 2.59. The van der Waals surface area contributed by atoms with Crippen molar-refractivity contribution in [1.29, 1.82) is 0 Å². The molecule has 1 aliphatic heterocycles. The summed E-state index contributed by atoms with van der Waals surface area (Å²) in [5.41, 5.74) is 9.41. The van der Waals surface area contributed by atoms with Crippen molar-refractivity contribution in [3.8, 4) is 0 Å². The molecule has 1 heterocycles. The molecule has 0 spiro atoms. The van der Waals surface area contributed by atoms with Crippen molar-refractivity contribution in [2.45, 2.75) is 19.4 Å². The summed E-state index contributed by atoms with van der Waals surface area (Å²) < 4.78 is 5.34. The van der Waals surface area contributed by atoms with Gasteiger partial charge in [0.05, 0.1) is 12.1 Å². The Labute approximate surface area is 105 Å². The number of hydrazine groups is 1. The fourth-order valence-corrected chi connectivity index (χ4v) is 2.16. The van der Waals surface area contributed by atoms with Crippen LogP contribution in [0.25, 0.3) is 0 Å². The number of likely N-dealkylation sites (N-methyl/N-ethyl adjacent to an activating group) is 1. The molecule has 0 aromatic carbocycles. The van der Waals surface area contributed by atoms with Gasteiger partial charge in [0.2, 0.25) is 0 Å². The van der Waals surface area contributed by atoms with Crippen molar-refractivity contribution in [2.24, 2.45) is 11.7 Å². The highest BCUT2D eigenvalue weighted by molar-refractivity contribution is 4.92. The van der Waals surface area contributed by atoms with Gasteiger partial charge in [0, 0.05) is 39.8 Å². The number of nitrogens with two attached hydrogens (primary N) is 1. The van der Waals surface area contributed by atoms with Crippen LogP contribution in [0.15, 0.2) is 0 Å². The number of hydrogen-bond acceptors (Lipinski definition) is 5. The van der Waals surface area contributed by atoms with Crippen LogP contribution in [0.5, 0.6) is 0 Å². The Morgan fingerprint density at radius 2 is 1.88 bits per heavy atom. The molecule has 0 bridgehead atoms. The quantitative estimate of drug-likeness (QED) is 0.674. The van der Waals surface area contributed by atoms with E-state index in [4.69, 9.17) is 10.5 Å². The molecule has 0 aliphatic carbocycles. The predicted octanol–water partition coefficient (Wildman–Crippen LogP) is -0.262. The fraction of sp³-hybridized carbons (Fsp3) is 1.00. The van der Waals surface area contributed by atoms with E-state index < -0.39 is 0 Å². The number of nitrogens with zero attached hydrogens (tertiary/aromatic N) is 2. The van der Waals surface area contributed by atoms with Crippen LogP contribution in [-0.2, 0) is 4.74 Å². The summed E-state index contributed by atoms with van der Waals surface area (Å²) in [6.45, 7) is 9.88. The van der Waals surface area contributed by atoms with Crippen LogP contribution in [0.2, 0.25) is 0 Å². The second-order valence-electron chi connectivity index (χ2n) is 5.35. The Bertz CT molecular complexity index is 217. The van der Waals surface area contributed by atoms with Gasteiger partial charge in [-0.05, 0) is 13.0 Å². The molecule has 0 amide bonds. The maximum Gasteiger partial charge on any atom is 0.0703 e. The highest BCUT2D eigenvalue weighted by atomic mass is 16.5. The summed E-state index contributed by atoms with van der Waals surface area (Å²) in [6.07, 6.45) is 0. The first-order chi connectivity index (χ1) is 8.04. The van der Waals surface area contributed by atoms with E-state index in [1.807, 2.05) is 0 Å². The highest BCUT2D eigenvalue weighted by Crippen LogP contribution is 2.17. The third-order valence-corrected chi connectivity index (χ3v) is 3.76. The molecule has 5 nitrogen and oxygen atoms in total. The summed E-state index contributed by atoms with van der Waals surface area (Å²) in [5.74, 6) is 0.437. The Morgan fingerprint density at radius 3 is 2.29 bits per heavy atom. The first-order valence-corrected chi connectivity index (χ1v) is 6.44. The molecular weight excluding hydrogens is 216 g/mol. The normalized spacial score (nSPS) is 22.9. The summed E-state index contributed by atoms with van der Waals surface area (Å²) in [4.78, 5) is 2.34. The number of hydrogen-bond donors (Lipinski definition) is 2. The zero-order valence-corrected chi connectivity index (χ0v) is 11.7. The Morgan fingerprint density at radius 1 is 1.29 bits per heavy atom. The minimum Gasteiger partial charge on any atom is -0.383 e. The number of ether oxygens (including phenoxy) is 1. The average Bonchev–Trinajstić information content (AvgIpc) is 2.31. The number of methoxy groups -OCH3 is 1. The molecule has 102 valence electrons. The summed E-state index contributed by atoms with van der Waals surface area (Å²) >= 11 is 0. The lowest BCUT2D eigenvalue weighted by Gasteiger charge is -2.43. The third-order valence-electron chi connectivity index (χ3n) is 3.76. The molecule has 1 rings (SSSR count). The van der Waals surface area contributed by atoms with Gasteiger partial charge in [-0.2, -0.15) is 0 Å². The topological polar surface area (TPSA) is 53.8 Å². The van der Waals surface area contributed by atoms with Gasteiger partial charge < -0.3 is 15.4 Å². The van der Waals surface area contributed by atoms with Crippen molar-refractivity contribution in [2.75, 3.05) is 53.5 Å². The first-order valence-electron chi connectivity index (χ1n) is 6.44. The monoisotopic (exact) mass is 244 g/mol. The maximum atomic E-state index is 5.96. The Hall–Kier alpha value is -0.200. The van der Waals surface area contributed by atoms with E-state index in [1.54, 1.807) is 7.11 Å². The van der Waals surface area contributed by atoms with E-state index in [1.165, 1.54) is 0 Å². The van der Waals surface area contributed by atoms with Crippen LogP contribution < -0.4 is 11.2 Å². The van der Waals surface area contributed by atoms with E-state index in [0.717, 1.165) is 26.2 Å². The Kier molecular flexibility index (Phi) is 5.82. The minimum atomic E-state index is -0.148. The van der Waals surface area contributed by atoms with Gasteiger partial charge in [-0.3, -0.25) is 0 Å². The molecule has 0 aromatic rings. The number of nitrogens with one attached hydrogen (secondary N) is 1. The molecule has 1 fully saturated rings. The van der Waals surface area contributed by atoms with E-state index in [9.17, 15) is 0 Å². The molecule has 0 saturated carbocycles. The fourth-order valence-electron chi connectivity index (χ4n) is 2.16. The van der Waals surface area contributed by atoms with E-state index >= 15 is 0 Å². The van der Waals surface area contributed by atoms with Crippen molar-refractivity contribution in [1.82, 2.24) is 15.3 Å². The zero-order valence-electron chi connectivity index (χ0n) is 11.7. The van der Waals surface area contributed by atoms with Crippen molar-refractivity contribution in [3.63, 3.8) is 0 Å². The van der Waals surface area contributed by atoms with Crippen molar-refractivity contribution < 1.29 is 4.74 Å². The number of piperazine rings is 1. The average molecular weight is 244 g/mol. The molecular formula is C12H28N4O. The van der Waals surface area contributed by atoms with E-state index in [2.05, 4.69) is 36.2 Å². The van der Waals surface area contributed by atoms with Crippen LogP contribution in [0.4, 0.5) is 0 Å². The second-order valence-corrected chi connectivity index (χ2v) is 5.35. The van der Waals surface area contributed by atoms with Gasteiger partial charge in [-0.1, -0.05) is 13.8 Å².